The molecule has 0 saturated heterocycles. The Balaban J connectivity index is 2.33. The average molecular weight is 307 g/mol. The van der Waals surface area contributed by atoms with Crippen LogP contribution in [0.2, 0.25) is 0 Å². The van der Waals surface area contributed by atoms with Gasteiger partial charge in [0.2, 0.25) is 0 Å². The molecule has 3 heteroatoms. The van der Waals surface area contributed by atoms with Crippen LogP contribution in [-0.4, -0.2) is 11.9 Å². The first kappa shape index (κ1) is 17.4. The van der Waals surface area contributed by atoms with Crippen LogP contribution in [0.5, 0.6) is 0 Å². The first-order valence-corrected chi connectivity index (χ1v) is 8.45. The molecule has 0 aliphatic heterocycles. The number of hydrogen-bond acceptors (Lipinski definition) is 1. The summed E-state index contributed by atoms with van der Waals surface area (Å²) >= 11 is 0. The van der Waals surface area contributed by atoms with Crippen LogP contribution in [0.3, 0.4) is 0 Å². The summed E-state index contributed by atoms with van der Waals surface area (Å²) in [6.45, 7) is 11.1. The topological polar surface area (TPSA) is 12.0 Å². The summed E-state index contributed by atoms with van der Waals surface area (Å²) in [5, 5.41) is 4.02. The first-order valence-electron chi connectivity index (χ1n) is 7.12. The van der Waals surface area contributed by atoms with Crippen molar-refractivity contribution in [3.63, 3.8) is 0 Å². The van der Waals surface area contributed by atoms with Gasteiger partial charge in [-0.05, 0) is 42.7 Å². The number of benzene rings is 1. The summed E-state index contributed by atoms with van der Waals surface area (Å²) < 4.78 is 0. The largest absolute Gasteiger partial charge is 0.389 e. The van der Waals surface area contributed by atoms with Gasteiger partial charge in [-0.1, -0.05) is 43.0 Å². The number of hydrogen-bond donors (Lipinski definition) is 1. The van der Waals surface area contributed by atoms with Gasteiger partial charge in [-0.25, -0.2) is 0 Å². The molecule has 1 nitrogen and oxygen atoms in total. The van der Waals surface area contributed by atoms with Crippen molar-refractivity contribution in [2.24, 2.45) is 0 Å². The molecule has 0 saturated carbocycles. The lowest BCUT2D eigenvalue weighted by atomic mass is 10.0. The molecule has 110 valence electrons. The van der Waals surface area contributed by atoms with Gasteiger partial charge < -0.3 is 5.32 Å². The Morgan fingerprint density at radius 3 is 2.15 bits per heavy atom. The molecule has 0 heterocycles. The number of nitrogens with one attached hydrogen (secondary N) is 1. The molecule has 1 rings (SSSR count). The van der Waals surface area contributed by atoms with Crippen molar-refractivity contribution in [2.75, 3.05) is 6.54 Å². The second kappa shape index (κ2) is 9.32. The zero-order valence-electron chi connectivity index (χ0n) is 12.5. The van der Waals surface area contributed by atoms with Crippen LogP contribution in [-0.2, 0) is 12.8 Å². The summed E-state index contributed by atoms with van der Waals surface area (Å²) in [5.74, 6) is 0. The molecule has 1 N–H and O–H groups in total. The zero-order valence-corrected chi connectivity index (χ0v) is 14.8. The van der Waals surface area contributed by atoms with Crippen molar-refractivity contribution in [1.82, 2.24) is 5.32 Å². The second-order valence-electron chi connectivity index (χ2n) is 5.46. The fourth-order valence-corrected chi connectivity index (χ4v) is 2.51. The van der Waals surface area contributed by atoms with Crippen molar-refractivity contribution < 1.29 is 0 Å². The lowest BCUT2D eigenvalue weighted by Crippen LogP contribution is -2.16. The van der Waals surface area contributed by atoms with Crippen LogP contribution in [0, 0.1) is 0 Å². The third kappa shape index (κ3) is 7.83. The molecule has 1 aromatic rings. The van der Waals surface area contributed by atoms with E-state index in [4.69, 9.17) is 0 Å². The number of rotatable bonds is 9. The van der Waals surface area contributed by atoms with Crippen LogP contribution in [0.25, 0.3) is 0 Å². The van der Waals surface area contributed by atoms with E-state index in [9.17, 15) is 0 Å². The lowest BCUT2D eigenvalue weighted by molar-refractivity contribution is 0.696. The third-order valence-electron chi connectivity index (χ3n) is 3.04. The van der Waals surface area contributed by atoms with E-state index in [2.05, 4.69) is 68.1 Å². The molecule has 1 aromatic carbocycles. The molecule has 0 aliphatic rings. The smallest absolute Gasteiger partial charge is 0.0144 e. The predicted octanol–water partition coefficient (Wildman–Crippen LogP) is 4.31. The van der Waals surface area contributed by atoms with Crippen LogP contribution >= 0.6 is 18.5 Å². The van der Waals surface area contributed by atoms with Crippen molar-refractivity contribution in [2.45, 2.75) is 38.0 Å². The Labute approximate surface area is 128 Å². The Kier molecular flexibility index (Phi) is 8.12. The fourth-order valence-electron chi connectivity index (χ4n) is 2.04. The molecule has 0 spiro atoms. The minimum absolute atomic E-state index is 0.617. The quantitative estimate of drug-likeness (QED) is 0.407. The van der Waals surface area contributed by atoms with Crippen LogP contribution in [0.15, 0.2) is 48.7 Å². The van der Waals surface area contributed by atoms with Crippen molar-refractivity contribution >= 4 is 18.5 Å². The minimum atomic E-state index is 0.617. The molecule has 0 aliphatic carbocycles. The molecule has 0 bridgehead atoms. The summed E-state index contributed by atoms with van der Waals surface area (Å²) in [4.78, 5) is 0. The Morgan fingerprint density at radius 1 is 1.10 bits per heavy atom. The van der Waals surface area contributed by atoms with Gasteiger partial charge in [0.05, 0.1) is 0 Å². The van der Waals surface area contributed by atoms with Gasteiger partial charge in [-0.15, -0.1) is 18.5 Å². The molecule has 0 aromatic heterocycles. The van der Waals surface area contributed by atoms with E-state index >= 15 is 0 Å². The highest BCUT2D eigenvalue weighted by molar-refractivity contribution is 7.37. The van der Waals surface area contributed by atoms with Crippen LogP contribution in [0.4, 0.5) is 0 Å². The van der Waals surface area contributed by atoms with Gasteiger partial charge in [-0.2, -0.15) is 0 Å². The monoisotopic (exact) mass is 307 g/mol. The van der Waals surface area contributed by atoms with E-state index in [-0.39, 0.29) is 0 Å². The minimum Gasteiger partial charge on any atom is -0.389 e. The summed E-state index contributed by atoms with van der Waals surface area (Å²) in [7, 11) is 5.61. The maximum absolute atomic E-state index is 4.10. The molecule has 2 atom stereocenters. The molecular formula is C17H27NP2. The van der Waals surface area contributed by atoms with Crippen LogP contribution in [0.1, 0.15) is 30.9 Å². The zero-order chi connectivity index (χ0) is 15.0. The third-order valence-corrected chi connectivity index (χ3v) is 3.70. The van der Waals surface area contributed by atoms with Gasteiger partial charge in [0.15, 0.2) is 0 Å². The van der Waals surface area contributed by atoms with E-state index < -0.39 is 0 Å². The maximum Gasteiger partial charge on any atom is 0.0144 e. The van der Waals surface area contributed by atoms with Gasteiger partial charge >= 0.3 is 0 Å². The highest BCUT2D eigenvalue weighted by Crippen LogP contribution is 2.15. The van der Waals surface area contributed by atoms with Gasteiger partial charge in [0.1, 0.15) is 0 Å². The molecule has 0 radical (unpaired) electrons. The van der Waals surface area contributed by atoms with E-state index in [1.165, 1.54) is 29.5 Å². The Bertz CT molecular complexity index is 435. The molecule has 20 heavy (non-hydrogen) atoms. The van der Waals surface area contributed by atoms with Crippen molar-refractivity contribution in [3.8, 4) is 0 Å². The Morgan fingerprint density at radius 2 is 1.65 bits per heavy atom. The van der Waals surface area contributed by atoms with Crippen LogP contribution < -0.4 is 5.32 Å². The number of allylic oxidation sites excluding steroid dienone is 2. The molecule has 0 fully saturated rings. The normalized spacial score (nSPS) is 10.6. The average Bonchev–Trinajstić information content (AvgIpc) is 2.36. The van der Waals surface area contributed by atoms with E-state index in [1.807, 2.05) is 0 Å². The van der Waals surface area contributed by atoms with E-state index in [0.29, 0.717) is 5.40 Å². The van der Waals surface area contributed by atoms with E-state index in [1.54, 1.807) is 0 Å². The second-order valence-corrected chi connectivity index (χ2v) is 7.95. The highest BCUT2D eigenvalue weighted by atomic mass is 31.1. The van der Waals surface area contributed by atoms with Gasteiger partial charge in [0, 0.05) is 18.7 Å². The predicted molar refractivity (Wildman–Crippen MR) is 98.2 cm³/mol. The highest BCUT2D eigenvalue weighted by Gasteiger charge is 1.99. The molecule has 2 unspecified atom stereocenters. The fraction of sp³-hybridized carbons (Fsp3) is 0.412. The van der Waals surface area contributed by atoms with Gasteiger partial charge in [0.25, 0.3) is 0 Å². The van der Waals surface area contributed by atoms with Crippen molar-refractivity contribution in [1.29, 1.82) is 0 Å². The summed E-state index contributed by atoms with van der Waals surface area (Å²) in [6.07, 6.45) is 4.24. The molecule has 0 amide bonds. The Hall–Kier alpha value is -0.640. The lowest BCUT2D eigenvalue weighted by Gasteiger charge is -2.11. The summed E-state index contributed by atoms with van der Waals surface area (Å²) in [5.41, 5.74) is 4.93. The van der Waals surface area contributed by atoms with Crippen molar-refractivity contribution in [3.05, 3.63) is 59.8 Å². The first-order chi connectivity index (χ1) is 9.47. The van der Waals surface area contributed by atoms with Gasteiger partial charge in [-0.3, -0.25) is 0 Å². The van der Waals surface area contributed by atoms with E-state index in [0.717, 1.165) is 25.1 Å². The SMILES string of the molecule is C=C(C)Cc1ccc(CC(=C)NCCCC(P)P)cc1. The standard InChI is InChI=1S/C17H27NP2/c1-13(2)11-15-6-8-16(9-7-15)12-14(3)18-10-4-5-17(19)20/h6-9,17-18H,1,3-5,10-12,19-20H2,2H3. The summed E-state index contributed by atoms with van der Waals surface area (Å²) in [6, 6.07) is 8.74. The molecular weight excluding hydrogens is 280 g/mol. The maximum atomic E-state index is 4.10.